The van der Waals surface area contributed by atoms with Crippen LogP contribution >= 0.6 is 7.92 Å². The monoisotopic (exact) mass is 316 g/mol. The maximum absolute atomic E-state index is 11.0. The van der Waals surface area contributed by atoms with Gasteiger partial charge in [-0.05, 0) is 34.2 Å². The molecule has 114 valence electrons. The van der Waals surface area contributed by atoms with E-state index in [-0.39, 0.29) is 23.1 Å². The van der Waals surface area contributed by atoms with Crippen LogP contribution in [-0.2, 0) is 16.3 Å². The second-order valence-electron chi connectivity index (χ2n) is 7.05. The fourth-order valence-electron chi connectivity index (χ4n) is 2.43. The van der Waals surface area contributed by atoms with Gasteiger partial charge in [0.2, 0.25) is 0 Å². The molecule has 1 N–H and O–H groups in total. The average molecular weight is 316 g/mol. The minimum atomic E-state index is -4.10. The van der Waals surface area contributed by atoms with E-state index in [2.05, 4.69) is 41.5 Å². The van der Waals surface area contributed by atoms with E-state index in [1.54, 1.807) is 12.1 Å². The molecular formula is C15H25O3PS. The van der Waals surface area contributed by atoms with Gasteiger partial charge >= 0.3 is 0 Å². The zero-order chi connectivity index (χ0) is 15.8. The van der Waals surface area contributed by atoms with Crippen molar-refractivity contribution in [1.29, 1.82) is 0 Å². The van der Waals surface area contributed by atoms with Gasteiger partial charge in [-0.25, -0.2) is 0 Å². The van der Waals surface area contributed by atoms with Crippen molar-refractivity contribution in [3.63, 3.8) is 0 Å². The molecule has 1 rings (SSSR count). The van der Waals surface area contributed by atoms with Crippen LogP contribution < -0.4 is 0 Å². The van der Waals surface area contributed by atoms with Gasteiger partial charge in [0.15, 0.2) is 0 Å². The van der Waals surface area contributed by atoms with Crippen molar-refractivity contribution in [2.24, 2.45) is 0 Å². The van der Waals surface area contributed by atoms with Crippen LogP contribution in [0.5, 0.6) is 0 Å². The minimum Gasteiger partial charge on any atom is -0.282 e. The Hall–Kier alpha value is -0.440. The summed E-state index contributed by atoms with van der Waals surface area (Å²) in [6.07, 6.45) is 0.952. The summed E-state index contributed by atoms with van der Waals surface area (Å²) < 4.78 is 31.1. The lowest BCUT2D eigenvalue weighted by Gasteiger charge is -2.41. The summed E-state index contributed by atoms with van der Waals surface area (Å²) in [5, 5.41) is 0.463. The summed E-state index contributed by atoms with van der Waals surface area (Å²) >= 11 is 0. The van der Waals surface area contributed by atoms with E-state index in [1.807, 2.05) is 0 Å². The van der Waals surface area contributed by atoms with E-state index >= 15 is 0 Å². The topological polar surface area (TPSA) is 54.4 Å². The number of rotatable bonds is 3. The first-order valence-electron chi connectivity index (χ1n) is 6.66. The highest BCUT2D eigenvalue weighted by molar-refractivity contribution is 7.85. The molecule has 1 aromatic carbocycles. The lowest BCUT2D eigenvalue weighted by Crippen LogP contribution is -2.25. The van der Waals surface area contributed by atoms with Crippen molar-refractivity contribution in [1.82, 2.24) is 0 Å². The number of benzene rings is 1. The van der Waals surface area contributed by atoms with E-state index in [4.69, 9.17) is 4.55 Å². The highest BCUT2D eigenvalue weighted by Gasteiger charge is 2.34. The predicted molar refractivity (Wildman–Crippen MR) is 86.4 cm³/mol. The molecule has 0 radical (unpaired) electrons. The van der Waals surface area contributed by atoms with Gasteiger partial charge < -0.3 is 0 Å². The third-order valence-electron chi connectivity index (χ3n) is 3.18. The molecule has 0 aliphatic carbocycles. The molecule has 3 nitrogen and oxygen atoms in total. The van der Waals surface area contributed by atoms with Gasteiger partial charge in [0.1, 0.15) is 0 Å². The maximum Gasteiger partial charge on any atom is 0.294 e. The molecule has 0 aromatic heterocycles. The summed E-state index contributed by atoms with van der Waals surface area (Å²) in [6.45, 7) is 13.6. The predicted octanol–water partition coefficient (Wildman–Crippen LogP) is 4.51. The van der Waals surface area contributed by atoms with Crippen LogP contribution in [0.15, 0.2) is 29.2 Å². The second-order valence-corrected chi connectivity index (χ2v) is 12.3. The Kier molecular flexibility index (Phi) is 5.06. The maximum atomic E-state index is 11.0. The third kappa shape index (κ3) is 4.83. The summed E-state index contributed by atoms with van der Waals surface area (Å²) in [5.41, 5.74) is 1.12. The van der Waals surface area contributed by atoms with Crippen molar-refractivity contribution < 1.29 is 13.0 Å². The normalized spacial score (nSPS) is 13.8. The first-order valence-corrected chi connectivity index (χ1v) is 9.63. The largest absolute Gasteiger partial charge is 0.294 e. The number of hydrogen-bond donors (Lipinski definition) is 1. The molecule has 0 amide bonds. The van der Waals surface area contributed by atoms with Crippen LogP contribution in [-0.4, -0.2) is 23.3 Å². The van der Waals surface area contributed by atoms with Crippen LogP contribution in [0.4, 0.5) is 0 Å². The van der Waals surface area contributed by atoms with Crippen molar-refractivity contribution in [3.8, 4) is 0 Å². The summed E-state index contributed by atoms with van der Waals surface area (Å²) in [7, 11) is -4.37. The molecule has 0 spiro atoms. The Labute approximate surface area is 124 Å². The molecule has 20 heavy (non-hydrogen) atoms. The summed E-state index contributed by atoms with van der Waals surface area (Å²) in [5.74, 6) is 0. The van der Waals surface area contributed by atoms with Crippen LogP contribution in [0.2, 0.25) is 0 Å². The van der Waals surface area contributed by atoms with Crippen LogP contribution in [0.25, 0.3) is 0 Å². The molecule has 0 bridgehead atoms. The zero-order valence-electron chi connectivity index (χ0n) is 13.1. The Balaban J connectivity index is 3.02. The molecule has 0 fully saturated rings. The van der Waals surface area contributed by atoms with Gasteiger partial charge in [0.25, 0.3) is 10.1 Å². The lowest BCUT2D eigenvalue weighted by atomic mass is 10.2. The minimum absolute atomic E-state index is 0.0444. The van der Waals surface area contributed by atoms with Gasteiger partial charge in [-0.15, -0.1) is 0 Å². The van der Waals surface area contributed by atoms with Gasteiger partial charge in [0, 0.05) is 0 Å². The Morgan fingerprint density at radius 3 is 1.65 bits per heavy atom. The first kappa shape index (κ1) is 17.6. The van der Waals surface area contributed by atoms with Crippen molar-refractivity contribution in [2.75, 3.05) is 0 Å². The second kappa shape index (κ2) is 5.75. The van der Waals surface area contributed by atoms with Crippen molar-refractivity contribution in [3.05, 3.63) is 29.8 Å². The van der Waals surface area contributed by atoms with Crippen molar-refractivity contribution in [2.45, 2.75) is 62.9 Å². The molecule has 0 saturated carbocycles. The van der Waals surface area contributed by atoms with Crippen LogP contribution in [0.3, 0.4) is 0 Å². The van der Waals surface area contributed by atoms with Gasteiger partial charge in [-0.2, -0.15) is 8.42 Å². The fraction of sp³-hybridized carbons (Fsp3) is 0.600. The van der Waals surface area contributed by atoms with Gasteiger partial charge in [0.05, 0.1) is 4.90 Å². The Morgan fingerprint density at radius 2 is 1.35 bits per heavy atom. The zero-order valence-corrected chi connectivity index (χ0v) is 14.8. The van der Waals surface area contributed by atoms with E-state index in [0.29, 0.717) is 0 Å². The third-order valence-corrected chi connectivity index (χ3v) is 7.97. The van der Waals surface area contributed by atoms with E-state index in [1.165, 1.54) is 12.1 Å². The Bertz CT molecular complexity index is 534. The van der Waals surface area contributed by atoms with Crippen LogP contribution in [0, 0.1) is 0 Å². The molecule has 5 heteroatoms. The molecule has 1 aromatic rings. The Morgan fingerprint density at radius 1 is 0.950 bits per heavy atom. The highest BCUT2D eigenvalue weighted by atomic mass is 32.2. The molecule has 0 atom stereocenters. The first-order chi connectivity index (χ1) is 8.82. The molecule has 0 unspecified atom stereocenters. The molecule has 0 aliphatic rings. The molecule has 0 saturated heterocycles. The highest BCUT2D eigenvalue weighted by Crippen LogP contribution is 2.61. The summed E-state index contributed by atoms with van der Waals surface area (Å²) in [4.78, 5) is -0.0444. The number of hydrogen-bond acceptors (Lipinski definition) is 2. The van der Waals surface area contributed by atoms with Gasteiger partial charge in [-0.1, -0.05) is 61.6 Å². The average Bonchev–Trinajstić information content (AvgIpc) is 2.22. The smallest absolute Gasteiger partial charge is 0.282 e. The quantitative estimate of drug-likeness (QED) is 0.659. The van der Waals surface area contributed by atoms with Crippen LogP contribution in [0.1, 0.15) is 47.1 Å². The fourth-order valence-corrected chi connectivity index (χ4v) is 6.45. The van der Waals surface area contributed by atoms with E-state index in [9.17, 15) is 8.42 Å². The molecule has 0 aliphatic heterocycles. The summed E-state index contributed by atoms with van der Waals surface area (Å²) in [6, 6.07) is 6.55. The molecule has 0 heterocycles. The SMILES string of the molecule is CC(C)(C)P(Cc1ccc(S(=O)(=O)O)cc1)C(C)(C)C. The molecular weight excluding hydrogens is 291 g/mol. The van der Waals surface area contributed by atoms with E-state index in [0.717, 1.165) is 11.7 Å². The van der Waals surface area contributed by atoms with Gasteiger partial charge in [-0.3, -0.25) is 4.55 Å². The van der Waals surface area contributed by atoms with E-state index < -0.39 is 10.1 Å². The van der Waals surface area contributed by atoms with Crippen molar-refractivity contribution >= 4 is 18.0 Å². The lowest BCUT2D eigenvalue weighted by molar-refractivity contribution is 0.483. The standard InChI is InChI=1S/C15H25O3PS/c1-14(2,3)19(15(4,5)6)11-12-7-9-13(10-8-12)20(16,17)18/h7-10H,11H2,1-6H3,(H,16,17,18).